The predicted octanol–water partition coefficient (Wildman–Crippen LogP) is 2.43. The highest BCUT2D eigenvalue weighted by Crippen LogP contribution is 2.34. The van der Waals surface area contributed by atoms with Crippen molar-refractivity contribution in [1.82, 2.24) is 0 Å². The van der Waals surface area contributed by atoms with Crippen molar-refractivity contribution in [1.29, 1.82) is 0 Å². The highest BCUT2D eigenvalue weighted by molar-refractivity contribution is 6.33. The molecule has 0 spiro atoms. The molecule has 0 aromatic carbocycles. The number of aryl methyl sites for hydroxylation is 2. The lowest BCUT2D eigenvalue weighted by Crippen LogP contribution is -3.00. The molecule has 0 fully saturated rings. The molecule has 0 saturated carbocycles. The van der Waals surface area contributed by atoms with E-state index in [1.165, 1.54) is 0 Å². The van der Waals surface area contributed by atoms with Gasteiger partial charge in [0.25, 0.3) is 0 Å². The van der Waals surface area contributed by atoms with Gasteiger partial charge in [0, 0.05) is 0 Å². The molecule has 1 unspecified atom stereocenters. The number of hydrogen-bond acceptors (Lipinski definition) is 3. The van der Waals surface area contributed by atoms with Gasteiger partial charge in [-0.3, -0.25) is 12.9 Å². The van der Waals surface area contributed by atoms with Crippen LogP contribution in [0, 0.1) is 13.8 Å². The first-order chi connectivity index (χ1) is 10.8. The van der Waals surface area contributed by atoms with Gasteiger partial charge in [-0.1, -0.05) is 0 Å². The van der Waals surface area contributed by atoms with Crippen LogP contribution in [0.4, 0.5) is 12.9 Å². The smallest absolute Gasteiger partial charge is 0.762 e. The van der Waals surface area contributed by atoms with Gasteiger partial charge >= 0.3 is 7.54 Å². The van der Waals surface area contributed by atoms with Crippen LogP contribution < -0.4 is 4.70 Å². The Morgan fingerprint density at radius 2 is 1.50 bits per heavy atom. The maximum Gasteiger partial charge on any atom is 0.762 e. The van der Waals surface area contributed by atoms with Crippen LogP contribution in [0.1, 0.15) is 36.1 Å². The van der Waals surface area contributed by atoms with Gasteiger partial charge in [0.15, 0.2) is 17.6 Å². The van der Waals surface area contributed by atoms with Crippen molar-refractivity contribution in [3.63, 3.8) is 0 Å². The number of furan rings is 2. The van der Waals surface area contributed by atoms with Crippen LogP contribution in [-0.4, -0.2) is 7.54 Å². The number of allylic oxidation sites excluding steroid dienone is 2. The minimum Gasteiger partial charge on any atom is -1.00 e. The molecule has 3 nitrogen and oxygen atoms in total. The Balaban J connectivity index is 0.000000522. The lowest BCUT2D eigenvalue weighted by molar-refractivity contribution is -0.00000929. The summed E-state index contributed by atoms with van der Waals surface area (Å²) in [5.74, 6) is 4.06. The van der Waals surface area contributed by atoms with Gasteiger partial charge < -0.3 is 18.3 Å². The summed E-state index contributed by atoms with van der Waals surface area (Å²) in [6.45, 7) is 5.89. The summed E-state index contributed by atoms with van der Waals surface area (Å²) >= 11 is 0. The zero-order valence-corrected chi connectivity index (χ0v) is 13.4. The Morgan fingerprint density at radius 3 is 2.00 bits per heavy atom. The molecule has 0 aliphatic carbocycles. The average molecular weight is 343 g/mol. The quantitative estimate of drug-likeness (QED) is 0.621. The Bertz CT molecular complexity index is 716. The van der Waals surface area contributed by atoms with E-state index in [4.69, 9.17) is 13.6 Å². The number of ether oxygens (including phenoxy) is 1. The molecule has 1 aliphatic rings. The van der Waals surface area contributed by atoms with Crippen molar-refractivity contribution in [3.05, 3.63) is 65.0 Å². The second kappa shape index (κ2) is 8.47. The maximum absolute atomic E-state index is 9.67. The van der Waals surface area contributed by atoms with E-state index in [0.717, 1.165) is 34.4 Å². The predicted molar refractivity (Wildman–Crippen MR) is 81.5 cm³/mol. The number of halogens is 4. The van der Waals surface area contributed by atoms with E-state index in [1.807, 2.05) is 57.2 Å². The molecule has 0 N–H and O–H groups in total. The van der Waals surface area contributed by atoms with Gasteiger partial charge in [-0.05, 0) is 62.8 Å². The fourth-order valence-corrected chi connectivity index (χ4v) is 2.14. The Kier molecular flexibility index (Phi) is 6.94. The van der Waals surface area contributed by atoms with Gasteiger partial charge in [-0.2, -0.15) is 0 Å². The SMILES string of the molecule is CC1=CC(c2ccc(C)o2)OC(c2ccc(C)o2)=C1.FB(F)F.[F-]. The first-order valence-corrected chi connectivity index (χ1v) is 6.97. The van der Waals surface area contributed by atoms with Crippen LogP contribution in [0.25, 0.3) is 5.76 Å². The van der Waals surface area contributed by atoms with E-state index in [9.17, 15) is 12.9 Å². The van der Waals surface area contributed by atoms with Gasteiger partial charge in [0.2, 0.25) is 0 Å². The van der Waals surface area contributed by atoms with Crippen molar-refractivity contribution in [3.8, 4) is 0 Å². The average Bonchev–Trinajstić information content (AvgIpc) is 3.06. The van der Waals surface area contributed by atoms with Crippen LogP contribution >= 0.6 is 0 Å². The van der Waals surface area contributed by atoms with Gasteiger partial charge in [-0.15, -0.1) is 0 Å². The fraction of sp³-hybridized carbons (Fsp3) is 0.250. The lowest BCUT2D eigenvalue weighted by atomic mass is 10.1. The minimum absolute atomic E-state index is 0. The molecule has 1 aliphatic heterocycles. The Morgan fingerprint density at radius 1 is 0.917 bits per heavy atom. The summed E-state index contributed by atoms with van der Waals surface area (Å²) in [5.41, 5.74) is 1.13. The van der Waals surface area contributed by atoms with Crippen molar-refractivity contribution < 1.29 is 31.2 Å². The summed E-state index contributed by atoms with van der Waals surface area (Å²) in [6.07, 6.45) is 3.82. The third-order valence-electron chi connectivity index (χ3n) is 3.05. The van der Waals surface area contributed by atoms with Gasteiger partial charge in [0.1, 0.15) is 17.3 Å². The third-order valence-corrected chi connectivity index (χ3v) is 3.05. The lowest BCUT2D eigenvalue weighted by Gasteiger charge is -2.20. The normalized spacial score (nSPS) is 16.0. The molecule has 2 aromatic heterocycles. The van der Waals surface area contributed by atoms with Gasteiger partial charge in [-0.25, -0.2) is 0 Å². The second-order valence-electron chi connectivity index (χ2n) is 5.06. The first-order valence-electron chi connectivity index (χ1n) is 6.97. The molecular formula is C16H16BF4O3-. The van der Waals surface area contributed by atoms with Crippen molar-refractivity contribution >= 4 is 13.3 Å². The number of rotatable bonds is 2. The van der Waals surface area contributed by atoms with Crippen LogP contribution in [0.3, 0.4) is 0 Å². The topological polar surface area (TPSA) is 35.5 Å². The summed E-state index contributed by atoms with van der Waals surface area (Å²) < 4.78 is 46.2. The van der Waals surface area contributed by atoms with Gasteiger partial charge in [0.05, 0.1) is 0 Å². The Labute approximate surface area is 137 Å². The summed E-state index contributed by atoms with van der Waals surface area (Å²) in [7, 11) is -3.67. The molecular weight excluding hydrogens is 327 g/mol. The highest BCUT2D eigenvalue weighted by Gasteiger charge is 2.22. The van der Waals surface area contributed by atoms with E-state index in [2.05, 4.69) is 0 Å². The van der Waals surface area contributed by atoms with Crippen LogP contribution in [0.2, 0.25) is 0 Å². The molecule has 0 saturated heterocycles. The molecule has 0 radical (unpaired) electrons. The molecule has 1 atom stereocenters. The van der Waals surface area contributed by atoms with E-state index < -0.39 is 7.54 Å². The summed E-state index contributed by atoms with van der Waals surface area (Å²) in [4.78, 5) is 0. The monoisotopic (exact) mass is 343 g/mol. The molecule has 8 heteroatoms. The molecule has 3 rings (SSSR count). The summed E-state index contributed by atoms with van der Waals surface area (Å²) in [6, 6.07) is 7.74. The van der Waals surface area contributed by atoms with Crippen molar-refractivity contribution in [2.75, 3.05) is 0 Å². The number of hydrogen-bond donors (Lipinski definition) is 0. The minimum atomic E-state index is -3.67. The van der Waals surface area contributed by atoms with Crippen LogP contribution in [-0.2, 0) is 4.74 Å². The second-order valence-corrected chi connectivity index (χ2v) is 5.06. The molecule has 0 amide bonds. The van der Waals surface area contributed by atoms with Crippen LogP contribution in [0.15, 0.2) is 50.8 Å². The maximum atomic E-state index is 9.67. The molecule has 2 aromatic rings. The molecule has 3 heterocycles. The zero-order valence-electron chi connectivity index (χ0n) is 13.4. The van der Waals surface area contributed by atoms with Crippen molar-refractivity contribution in [2.24, 2.45) is 0 Å². The van der Waals surface area contributed by atoms with E-state index in [1.54, 1.807) is 0 Å². The highest BCUT2D eigenvalue weighted by atomic mass is 19.4. The summed E-state index contributed by atoms with van der Waals surface area (Å²) in [5, 5.41) is 0. The first kappa shape index (κ1) is 19.7. The van der Waals surface area contributed by atoms with E-state index in [0.29, 0.717) is 0 Å². The fourth-order valence-electron chi connectivity index (χ4n) is 2.14. The zero-order chi connectivity index (χ0) is 17.0. The molecule has 24 heavy (non-hydrogen) atoms. The van der Waals surface area contributed by atoms with E-state index >= 15 is 0 Å². The Hall–Kier alpha value is -2.38. The third kappa shape index (κ3) is 5.36. The van der Waals surface area contributed by atoms with Crippen molar-refractivity contribution in [2.45, 2.75) is 26.9 Å². The molecule has 130 valence electrons. The van der Waals surface area contributed by atoms with E-state index in [-0.39, 0.29) is 10.8 Å². The van der Waals surface area contributed by atoms with Crippen LogP contribution in [0.5, 0.6) is 0 Å². The standard InChI is InChI=1S/C16H16O3.BF3.FH/c1-10-8-15(13-6-4-11(2)17-13)19-16(9-10)14-7-5-12(3)18-14;2-1(3)4;/h4-9,15H,1-3H3;;1H/p-1. The largest absolute Gasteiger partial charge is 1.00 e. The molecule has 0 bridgehead atoms.